The van der Waals surface area contributed by atoms with Crippen molar-refractivity contribution in [3.63, 3.8) is 0 Å². The number of rotatable bonds is 4. The van der Waals surface area contributed by atoms with Crippen LogP contribution in [-0.4, -0.2) is 9.97 Å². The second kappa shape index (κ2) is 10.6. The first-order chi connectivity index (χ1) is 22.3. The average molecular weight is 597 g/mol. The van der Waals surface area contributed by atoms with E-state index >= 15 is 0 Å². The molecule has 5 aromatic carbocycles. The van der Waals surface area contributed by atoms with Crippen LogP contribution in [0.1, 0.15) is 0 Å². The van der Waals surface area contributed by atoms with E-state index in [4.69, 9.17) is 9.47 Å². The summed E-state index contributed by atoms with van der Waals surface area (Å²) < 4.78 is 13.1. The first-order valence-corrected chi connectivity index (χ1v) is 16.2. The normalized spacial score (nSPS) is 12.7. The van der Waals surface area contributed by atoms with Crippen molar-refractivity contribution in [1.29, 1.82) is 0 Å². The van der Waals surface area contributed by atoms with Crippen LogP contribution in [0.15, 0.2) is 152 Å². The molecule has 4 heterocycles. The minimum Gasteiger partial charge on any atom is -0.456 e. The van der Waals surface area contributed by atoms with E-state index in [1.807, 2.05) is 30.6 Å². The van der Waals surface area contributed by atoms with Gasteiger partial charge >= 0.3 is 0 Å². The van der Waals surface area contributed by atoms with Crippen molar-refractivity contribution < 1.29 is 9.47 Å². The Hall–Kier alpha value is -5.57. The van der Waals surface area contributed by atoms with Crippen LogP contribution in [0.5, 0.6) is 23.0 Å². The number of aromatic nitrogens is 2. The van der Waals surface area contributed by atoms with Crippen LogP contribution in [0, 0.1) is 0 Å². The van der Waals surface area contributed by atoms with E-state index in [-0.39, 0.29) is 0 Å². The number of fused-ring (bicyclic) bond motifs is 4. The van der Waals surface area contributed by atoms with Gasteiger partial charge in [-0.1, -0.05) is 78.9 Å². The molecule has 0 aliphatic carbocycles. The summed E-state index contributed by atoms with van der Waals surface area (Å²) in [6.07, 6.45) is 7.38. The highest BCUT2D eigenvalue weighted by Gasteiger charge is 2.37. The van der Waals surface area contributed by atoms with Gasteiger partial charge < -0.3 is 9.47 Å². The van der Waals surface area contributed by atoms with Gasteiger partial charge in [0.15, 0.2) is 0 Å². The lowest BCUT2D eigenvalue weighted by atomic mass is 10.0. The lowest BCUT2D eigenvalue weighted by Crippen LogP contribution is -2.31. The molecule has 0 saturated heterocycles. The number of hydrogen-bond acceptors (Lipinski definition) is 4. The van der Waals surface area contributed by atoms with Gasteiger partial charge in [-0.25, -0.2) is 0 Å². The molecule has 0 saturated carbocycles. The Morgan fingerprint density at radius 2 is 0.800 bits per heavy atom. The van der Waals surface area contributed by atoms with Gasteiger partial charge in [-0.05, 0) is 93.0 Å². The topological polar surface area (TPSA) is 44.2 Å². The fourth-order valence-corrected chi connectivity index (χ4v) is 8.72. The molecule has 2 aliphatic heterocycles. The predicted molar refractivity (Wildman–Crippen MR) is 183 cm³/mol. The van der Waals surface area contributed by atoms with Gasteiger partial charge in [0.1, 0.15) is 23.0 Å². The van der Waals surface area contributed by atoms with E-state index < -0.39 is 7.92 Å². The lowest BCUT2D eigenvalue weighted by molar-refractivity contribution is 0.467. The maximum Gasteiger partial charge on any atom is 0.139 e. The summed E-state index contributed by atoms with van der Waals surface area (Å²) in [5.74, 6) is 3.55. The molecular formula is C40H25N2O2P. The van der Waals surface area contributed by atoms with Gasteiger partial charge in [-0.15, -0.1) is 0 Å². The molecule has 0 amide bonds. The molecule has 5 heteroatoms. The number of benzene rings is 5. The monoisotopic (exact) mass is 596 g/mol. The summed E-state index contributed by atoms with van der Waals surface area (Å²) >= 11 is 0. The van der Waals surface area contributed by atoms with Gasteiger partial charge in [-0.3, -0.25) is 9.97 Å². The van der Waals surface area contributed by atoms with Crippen LogP contribution in [-0.2, 0) is 0 Å². The number of hydrogen-bond donors (Lipinski definition) is 0. The standard InChI is InChI=1S/C40H25N2O2P/c1-6-34-40-35(7-1)44-37-23-31(27-10-14-29(15-11-27)33-5-3-21-42-25-33)17-19-39(37)45(40)38-18-16-30(22-36(38)43-34)26-8-12-28(13-9-26)32-4-2-20-41-24-32/h1-25H. The van der Waals surface area contributed by atoms with Crippen molar-refractivity contribution in [2.24, 2.45) is 0 Å². The zero-order valence-electron chi connectivity index (χ0n) is 24.1. The maximum atomic E-state index is 6.56. The molecule has 0 N–H and O–H groups in total. The number of nitrogens with zero attached hydrogens (tertiary/aromatic N) is 2. The van der Waals surface area contributed by atoms with Crippen LogP contribution < -0.4 is 25.4 Å². The van der Waals surface area contributed by atoms with Gasteiger partial charge in [0.05, 0.1) is 5.30 Å². The molecule has 2 aromatic heterocycles. The summed E-state index contributed by atoms with van der Waals surface area (Å²) in [7, 11) is -0.848. The Balaban J connectivity index is 1.07. The molecule has 9 rings (SSSR count). The molecule has 0 radical (unpaired) electrons. The Labute approximate surface area is 262 Å². The Kier molecular flexibility index (Phi) is 6.07. The summed E-state index contributed by atoms with van der Waals surface area (Å²) in [5, 5.41) is 3.56. The van der Waals surface area contributed by atoms with E-state index in [0.29, 0.717) is 0 Å². The minimum absolute atomic E-state index is 0.848. The van der Waals surface area contributed by atoms with Crippen molar-refractivity contribution >= 4 is 23.8 Å². The summed E-state index contributed by atoms with van der Waals surface area (Å²) in [6.45, 7) is 0. The molecular weight excluding hydrogens is 571 g/mol. The molecule has 2 aliphatic rings. The van der Waals surface area contributed by atoms with E-state index in [9.17, 15) is 0 Å². The highest BCUT2D eigenvalue weighted by Crippen LogP contribution is 2.53. The second-order valence-corrected chi connectivity index (χ2v) is 13.2. The van der Waals surface area contributed by atoms with Crippen molar-refractivity contribution in [2.45, 2.75) is 0 Å². The molecule has 45 heavy (non-hydrogen) atoms. The lowest BCUT2D eigenvalue weighted by Gasteiger charge is -2.34. The fourth-order valence-electron chi connectivity index (χ4n) is 6.19. The molecule has 0 fully saturated rings. The SMILES string of the molecule is c1cncc(-c2ccc(-c3ccc4c(c3)Oc3cccc5c3P4c3ccc(-c4ccc(-c6cccnc6)cc4)cc3O5)cc2)c1. The highest BCUT2D eigenvalue weighted by molar-refractivity contribution is 7.80. The number of ether oxygens (including phenoxy) is 2. The number of pyridine rings is 2. The van der Waals surface area contributed by atoms with Gasteiger partial charge in [0, 0.05) is 43.3 Å². The molecule has 7 aromatic rings. The summed E-state index contributed by atoms with van der Waals surface area (Å²) in [6, 6.07) is 44.7. The molecule has 0 unspecified atom stereocenters. The van der Waals surface area contributed by atoms with Crippen LogP contribution >= 0.6 is 7.92 Å². The van der Waals surface area contributed by atoms with Crippen LogP contribution in [0.3, 0.4) is 0 Å². The van der Waals surface area contributed by atoms with E-state index in [1.165, 1.54) is 10.6 Å². The third-order valence-corrected chi connectivity index (χ3v) is 11.0. The Morgan fingerprint density at radius 1 is 0.378 bits per heavy atom. The average Bonchev–Trinajstić information content (AvgIpc) is 3.12. The first kappa shape index (κ1) is 25.9. The Morgan fingerprint density at radius 3 is 1.22 bits per heavy atom. The van der Waals surface area contributed by atoms with Crippen LogP contribution in [0.2, 0.25) is 0 Å². The van der Waals surface area contributed by atoms with Gasteiger partial charge in [-0.2, -0.15) is 0 Å². The minimum atomic E-state index is -0.848. The Bertz CT molecular complexity index is 2050. The third kappa shape index (κ3) is 4.50. The largest absolute Gasteiger partial charge is 0.456 e. The van der Waals surface area contributed by atoms with Gasteiger partial charge in [0.2, 0.25) is 0 Å². The van der Waals surface area contributed by atoms with Crippen LogP contribution in [0.4, 0.5) is 0 Å². The first-order valence-electron chi connectivity index (χ1n) is 14.9. The van der Waals surface area contributed by atoms with Crippen molar-refractivity contribution in [1.82, 2.24) is 9.97 Å². The summed E-state index contributed by atoms with van der Waals surface area (Å²) in [5.41, 5.74) is 9.05. The molecule has 0 bridgehead atoms. The zero-order chi connectivity index (χ0) is 29.7. The van der Waals surface area contributed by atoms with Crippen molar-refractivity contribution in [3.8, 4) is 67.5 Å². The highest BCUT2D eigenvalue weighted by atomic mass is 31.1. The predicted octanol–water partition coefficient (Wildman–Crippen LogP) is 9.11. The smallest absolute Gasteiger partial charge is 0.139 e. The molecule has 4 nitrogen and oxygen atoms in total. The van der Waals surface area contributed by atoms with Crippen molar-refractivity contribution in [2.75, 3.05) is 0 Å². The molecule has 0 spiro atoms. The molecule has 212 valence electrons. The maximum absolute atomic E-state index is 6.56. The van der Waals surface area contributed by atoms with Crippen molar-refractivity contribution in [3.05, 3.63) is 152 Å². The van der Waals surface area contributed by atoms with Gasteiger partial charge in [0.25, 0.3) is 0 Å². The molecule has 0 atom stereocenters. The van der Waals surface area contributed by atoms with Crippen LogP contribution in [0.25, 0.3) is 44.5 Å². The fraction of sp³-hybridized carbons (Fsp3) is 0. The summed E-state index contributed by atoms with van der Waals surface area (Å²) in [4.78, 5) is 8.52. The van der Waals surface area contributed by atoms with E-state index in [0.717, 1.165) is 72.8 Å². The van der Waals surface area contributed by atoms with E-state index in [1.54, 1.807) is 12.4 Å². The third-order valence-electron chi connectivity index (χ3n) is 8.45. The second-order valence-electron chi connectivity index (χ2n) is 11.1. The zero-order valence-corrected chi connectivity index (χ0v) is 25.0. The quantitative estimate of drug-likeness (QED) is 0.190. The van der Waals surface area contributed by atoms with E-state index in [2.05, 4.69) is 119 Å².